The maximum Gasteiger partial charge on any atom is 0.316 e. The number of rotatable bonds is 7. The number of benzene rings is 2. The molecule has 25 heavy (non-hydrogen) atoms. The van der Waals surface area contributed by atoms with Crippen LogP contribution < -0.4 is 14.2 Å². The van der Waals surface area contributed by atoms with E-state index in [0.717, 1.165) is 0 Å². The molecule has 1 amide bonds. The van der Waals surface area contributed by atoms with E-state index in [-0.39, 0.29) is 17.4 Å². The van der Waals surface area contributed by atoms with E-state index in [9.17, 15) is 13.8 Å². The zero-order valence-electron chi connectivity index (χ0n) is 13.9. The summed E-state index contributed by atoms with van der Waals surface area (Å²) in [4.78, 5) is 23.0. The van der Waals surface area contributed by atoms with Crippen molar-refractivity contribution in [1.29, 1.82) is 0 Å². The van der Waals surface area contributed by atoms with Crippen LogP contribution in [-0.4, -0.2) is 15.9 Å². The highest BCUT2D eigenvalue weighted by molar-refractivity contribution is 7.82. The summed E-state index contributed by atoms with van der Waals surface area (Å²) in [6, 6.07) is 13.2. The quantitative estimate of drug-likeness (QED) is 0.586. The zero-order chi connectivity index (χ0) is 18.4. The molecule has 2 rings (SSSR count). The van der Waals surface area contributed by atoms with Gasteiger partial charge in [0.25, 0.3) is 5.91 Å². The summed E-state index contributed by atoms with van der Waals surface area (Å²) >= 11 is -1.88. The molecule has 0 aliphatic carbocycles. The molecule has 6 nitrogen and oxygen atoms in total. The molecule has 0 bridgehead atoms. The second-order valence-electron chi connectivity index (χ2n) is 5.28. The lowest BCUT2D eigenvalue weighted by atomic mass is 10.1. The molecule has 1 atom stereocenters. The SMILES string of the molecule is C=C(C)C(=O)Nc1ccccc1OS(=O)Nc1ccc(C(C)=O)cc1. The largest absolute Gasteiger partial charge is 0.383 e. The molecular formula is C18H18N2O4S. The first-order valence-electron chi connectivity index (χ1n) is 7.40. The number of para-hydroxylation sites is 2. The van der Waals surface area contributed by atoms with Crippen LogP contribution in [0, 0.1) is 0 Å². The Bertz CT molecular complexity index is 831. The molecule has 7 heteroatoms. The smallest absolute Gasteiger partial charge is 0.316 e. The van der Waals surface area contributed by atoms with E-state index in [1.54, 1.807) is 55.5 Å². The molecule has 0 heterocycles. The fourth-order valence-corrected chi connectivity index (χ4v) is 2.52. The number of anilines is 2. The average Bonchev–Trinajstić information content (AvgIpc) is 2.57. The van der Waals surface area contributed by atoms with Gasteiger partial charge >= 0.3 is 11.3 Å². The standard InChI is InChI=1S/C18H18N2O4S/c1-12(2)18(22)19-16-6-4-5-7-17(16)24-25(23)20-15-10-8-14(9-11-15)13(3)21/h4-11,20H,1H2,2-3H3,(H,19,22). The molecule has 0 radical (unpaired) electrons. The van der Waals surface area contributed by atoms with E-state index in [2.05, 4.69) is 16.6 Å². The van der Waals surface area contributed by atoms with Gasteiger partial charge in [-0.25, -0.2) is 0 Å². The van der Waals surface area contributed by atoms with Crippen LogP contribution in [-0.2, 0) is 16.1 Å². The maximum atomic E-state index is 12.2. The summed E-state index contributed by atoms with van der Waals surface area (Å²) in [7, 11) is 0. The third kappa shape index (κ3) is 5.29. The molecule has 0 spiro atoms. The molecule has 1 unspecified atom stereocenters. The number of Topliss-reactive ketones (excluding diaryl/α,β-unsaturated/α-hetero) is 1. The van der Waals surface area contributed by atoms with Gasteiger partial charge < -0.3 is 9.50 Å². The van der Waals surface area contributed by atoms with Crippen molar-refractivity contribution in [2.24, 2.45) is 0 Å². The van der Waals surface area contributed by atoms with Gasteiger partial charge in [-0.05, 0) is 50.2 Å². The fourth-order valence-electron chi connectivity index (χ4n) is 1.84. The van der Waals surface area contributed by atoms with Gasteiger partial charge in [0.15, 0.2) is 11.5 Å². The molecule has 0 aliphatic rings. The summed E-state index contributed by atoms with van der Waals surface area (Å²) in [5.41, 5.74) is 1.83. The number of carbonyl (C=O) groups excluding carboxylic acids is 2. The number of carbonyl (C=O) groups is 2. The average molecular weight is 358 g/mol. The Morgan fingerprint density at radius 1 is 1.04 bits per heavy atom. The lowest BCUT2D eigenvalue weighted by Gasteiger charge is -2.12. The Morgan fingerprint density at radius 3 is 2.28 bits per heavy atom. The van der Waals surface area contributed by atoms with Crippen LogP contribution in [0.3, 0.4) is 0 Å². The molecule has 0 aliphatic heterocycles. The molecule has 0 fully saturated rings. The number of amides is 1. The van der Waals surface area contributed by atoms with Crippen molar-refractivity contribution >= 4 is 34.3 Å². The van der Waals surface area contributed by atoms with Crippen molar-refractivity contribution in [2.45, 2.75) is 13.8 Å². The molecule has 0 saturated carbocycles. The van der Waals surface area contributed by atoms with Crippen molar-refractivity contribution < 1.29 is 18.0 Å². The van der Waals surface area contributed by atoms with Crippen LogP contribution in [0.1, 0.15) is 24.2 Å². The number of hydrogen-bond acceptors (Lipinski definition) is 4. The highest BCUT2D eigenvalue weighted by Crippen LogP contribution is 2.25. The normalized spacial score (nSPS) is 11.3. The number of nitrogens with one attached hydrogen (secondary N) is 2. The predicted octanol–water partition coefficient (Wildman–Crippen LogP) is 3.47. The van der Waals surface area contributed by atoms with Gasteiger partial charge in [0.1, 0.15) is 0 Å². The van der Waals surface area contributed by atoms with Crippen molar-refractivity contribution in [3.05, 3.63) is 66.2 Å². The number of ketones is 1. The molecule has 2 aromatic carbocycles. The van der Waals surface area contributed by atoms with Crippen LogP contribution >= 0.6 is 0 Å². The molecule has 2 aromatic rings. The summed E-state index contributed by atoms with van der Waals surface area (Å²) in [5, 5.41) is 2.64. The Hall–Kier alpha value is -2.93. The van der Waals surface area contributed by atoms with E-state index in [0.29, 0.717) is 22.5 Å². The van der Waals surface area contributed by atoms with Gasteiger partial charge in [-0.15, -0.1) is 0 Å². The van der Waals surface area contributed by atoms with E-state index in [1.807, 2.05) is 0 Å². The lowest BCUT2D eigenvalue weighted by molar-refractivity contribution is -0.112. The van der Waals surface area contributed by atoms with Gasteiger partial charge in [0, 0.05) is 16.8 Å². The third-order valence-corrected chi connectivity index (χ3v) is 3.91. The van der Waals surface area contributed by atoms with Crippen LogP contribution in [0.5, 0.6) is 5.75 Å². The molecule has 0 aromatic heterocycles. The third-order valence-electron chi connectivity index (χ3n) is 3.18. The van der Waals surface area contributed by atoms with Crippen LogP contribution in [0.25, 0.3) is 0 Å². The topological polar surface area (TPSA) is 84.5 Å². The van der Waals surface area contributed by atoms with Gasteiger partial charge in [-0.1, -0.05) is 18.7 Å². The molecule has 130 valence electrons. The van der Waals surface area contributed by atoms with Crippen molar-refractivity contribution in [2.75, 3.05) is 10.0 Å². The van der Waals surface area contributed by atoms with Crippen LogP contribution in [0.2, 0.25) is 0 Å². The van der Waals surface area contributed by atoms with E-state index in [1.165, 1.54) is 6.92 Å². The molecular weight excluding hydrogens is 340 g/mol. The first kappa shape index (κ1) is 18.4. The van der Waals surface area contributed by atoms with E-state index in [4.69, 9.17) is 4.18 Å². The predicted molar refractivity (Wildman–Crippen MR) is 98.7 cm³/mol. The van der Waals surface area contributed by atoms with Crippen molar-refractivity contribution in [3.63, 3.8) is 0 Å². The summed E-state index contributed by atoms with van der Waals surface area (Å²) in [5.74, 6) is -0.149. The van der Waals surface area contributed by atoms with Crippen molar-refractivity contribution in [3.8, 4) is 5.75 Å². The van der Waals surface area contributed by atoms with Crippen molar-refractivity contribution in [1.82, 2.24) is 0 Å². The van der Waals surface area contributed by atoms with Crippen LogP contribution in [0.15, 0.2) is 60.7 Å². The summed E-state index contributed by atoms with van der Waals surface area (Å²) in [6.07, 6.45) is 0. The molecule has 2 N–H and O–H groups in total. The second kappa shape index (κ2) is 8.25. The summed E-state index contributed by atoms with van der Waals surface area (Å²) < 4.78 is 20.2. The lowest BCUT2D eigenvalue weighted by Crippen LogP contribution is -2.15. The zero-order valence-corrected chi connectivity index (χ0v) is 14.7. The van der Waals surface area contributed by atoms with E-state index >= 15 is 0 Å². The fraction of sp³-hybridized carbons (Fsp3) is 0.111. The molecule has 0 saturated heterocycles. The van der Waals surface area contributed by atoms with E-state index < -0.39 is 11.3 Å². The minimum Gasteiger partial charge on any atom is -0.383 e. The first-order valence-corrected chi connectivity index (χ1v) is 8.48. The minimum absolute atomic E-state index is 0.0499. The van der Waals surface area contributed by atoms with Gasteiger partial charge in [0.2, 0.25) is 0 Å². The Labute approximate surface area is 148 Å². The van der Waals surface area contributed by atoms with Gasteiger partial charge in [-0.3, -0.25) is 14.3 Å². The highest BCUT2D eigenvalue weighted by Gasteiger charge is 2.11. The number of hydrogen-bond donors (Lipinski definition) is 2. The van der Waals surface area contributed by atoms with Gasteiger partial charge in [-0.2, -0.15) is 4.21 Å². The first-order chi connectivity index (χ1) is 11.9. The Balaban J connectivity index is 2.06. The highest BCUT2D eigenvalue weighted by atomic mass is 32.2. The van der Waals surface area contributed by atoms with Gasteiger partial charge in [0.05, 0.1) is 5.69 Å². The Morgan fingerprint density at radius 2 is 1.68 bits per heavy atom. The maximum absolute atomic E-state index is 12.2. The summed E-state index contributed by atoms with van der Waals surface area (Å²) in [6.45, 7) is 6.63. The Kier molecular flexibility index (Phi) is 6.08. The minimum atomic E-state index is -1.88. The second-order valence-corrected chi connectivity index (χ2v) is 6.12. The van der Waals surface area contributed by atoms with Crippen LogP contribution in [0.4, 0.5) is 11.4 Å². The monoisotopic (exact) mass is 358 g/mol.